The first-order valence-corrected chi connectivity index (χ1v) is 5.16. The molecule has 0 aliphatic rings. The van der Waals surface area contributed by atoms with Crippen LogP contribution in [-0.2, 0) is 9.53 Å². The third kappa shape index (κ3) is 3.39. The van der Waals surface area contributed by atoms with Gasteiger partial charge in [-0.15, -0.1) is 0 Å². The molecule has 1 rings (SSSR count). The molecule has 0 spiro atoms. The second-order valence-electron chi connectivity index (χ2n) is 3.31. The number of hydrogen-bond acceptors (Lipinski definition) is 5. The average Bonchev–Trinajstić information content (AvgIpc) is 2.37. The number of carbonyl (C=O) groups excluding carboxylic acids is 1. The Morgan fingerprint density at radius 2 is 2.29 bits per heavy atom. The maximum Gasteiger partial charge on any atom is 0.342 e. The highest BCUT2D eigenvalue weighted by atomic mass is 19.1. The number of pyridine rings is 1. The number of hydrogen-bond donors (Lipinski definition) is 1. The largest absolute Gasteiger partial charge is 0.481 e. The molecule has 2 atom stereocenters. The molecule has 0 bridgehead atoms. The van der Waals surface area contributed by atoms with E-state index in [1.54, 1.807) is 19.1 Å². The smallest absolute Gasteiger partial charge is 0.342 e. The lowest BCUT2D eigenvalue weighted by molar-refractivity contribution is -0.149. The van der Waals surface area contributed by atoms with E-state index < -0.39 is 18.2 Å². The molecule has 1 heterocycles. The van der Waals surface area contributed by atoms with Gasteiger partial charge in [0.1, 0.15) is 0 Å². The highest BCUT2D eigenvalue weighted by Crippen LogP contribution is 2.19. The van der Waals surface area contributed by atoms with Gasteiger partial charge in [0, 0.05) is 12.3 Å². The molecule has 0 aliphatic carbocycles. The third-order valence-electron chi connectivity index (χ3n) is 2.18. The minimum absolute atomic E-state index is 0.118. The van der Waals surface area contributed by atoms with Gasteiger partial charge in [0.05, 0.1) is 19.8 Å². The van der Waals surface area contributed by atoms with Crippen molar-refractivity contribution < 1.29 is 18.7 Å². The molecule has 0 aromatic carbocycles. The lowest BCUT2D eigenvalue weighted by Crippen LogP contribution is -2.31. The fourth-order valence-corrected chi connectivity index (χ4v) is 1.25. The summed E-state index contributed by atoms with van der Waals surface area (Å²) in [5, 5.41) is 0. The van der Waals surface area contributed by atoms with E-state index in [-0.39, 0.29) is 6.61 Å². The Hall–Kier alpha value is -1.69. The lowest BCUT2D eigenvalue weighted by atomic mass is 10.1. The van der Waals surface area contributed by atoms with E-state index in [1.807, 2.05) is 0 Å². The molecule has 6 heteroatoms. The normalized spacial score (nSPS) is 13.9. The van der Waals surface area contributed by atoms with E-state index in [1.165, 1.54) is 13.3 Å². The van der Waals surface area contributed by atoms with Crippen molar-refractivity contribution in [3.63, 3.8) is 0 Å². The number of carbonyl (C=O) groups is 1. The van der Waals surface area contributed by atoms with Crippen LogP contribution in [0, 0.1) is 0 Å². The molecule has 0 aliphatic heterocycles. The SMILES string of the molecule is CCOC(=O)C(F)[C@H](N)c1ccc(OC)nc1. The van der Waals surface area contributed by atoms with E-state index in [0.29, 0.717) is 11.4 Å². The zero-order valence-electron chi connectivity index (χ0n) is 9.72. The number of methoxy groups -OCH3 is 1. The minimum Gasteiger partial charge on any atom is -0.481 e. The van der Waals surface area contributed by atoms with Gasteiger partial charge in [0.15, 0.2) is 0 Å². The summed E-state index contributed by atoms with van der Waals surface area (Å²) in [4.78, 5) is 15.0. The summed E-state index contributed by atoms with van der Waals surface area (Å²) in [5.74, 6) is -0.566. The summed E-state index contributed by atoms with van der Waals surface area (Å²) in [7, 11) is 1.47. The summed E-state index contributed by atoms with van der Waals surface area (Å²) in [5.41, 5.74) is 6.01. The van der Waals surface area contributed by atoms with Crippen molar-refractivity contribution in [2.75, 3.05) is 13.7 Å². The first kappa shape index (κ1) is 13.4. The molecule has 0 saturated heterocycles. The summed E-state index contributed by atoms with van der Waals surface area (Å²) in [6.45, 7) is 1.72. The molecule has 0 radical (unpaired) electrons. The number of rotatable bonds is 5. The van der Waals surface area contributed by atoms with Gasteiger partial charge in [0.2, 0.25) is 12.1 Å². The first-order chi connectivity index (χ1) is 8.10. The van der Waals surface area contributed by atoms with E-state index >= 15 is 0 Å². The molecule has 17 heavy (non-hydrogen) atoms. The van der Waals surface area contributed by atoms with E-state index in [9.17, 15) is 9.18 Å². The van der Waals surface area contributed by atoms with Gasteiger partial charge in [-0.3, -0.25) is 0 Å². The highest BCUT2D eigenvalue weighted by Gasteiger charge is 2.27. The number of ether oxygens (including phenoxy) is 2. The van der Waals surface area contributed by atoms with Crippen molar-refractivity contribution in [3.8, 4) is 5.88 Å². The molecule has 1 aromatic heterocycles. The Kier molecular flexibility index (Phi) is 4.84. The number of aromatic nitrogens is 1. The van der Waals surface area contributed by atoms with Gasteiger partial charge in [-0.25, -0.2) is 14.2 Å². The van der Waals surface area contributed by atoms with Crippen LogP contribution in [0.4, 0.5) is 4.39 Å². The van der Waals surface area contributed by atoms with Gasteiger partial charge in [-0.2, -0.15) is 0 Å². The Morgan fingerprint density at radius 3 is 2.76 bits per heavy atom. The summed E-state index contributed by atoms with van der Waals surface area (Å²) in [6.07, 6.45) is -0.528. The van der Waals surface area contributed by atoms with Gasteiger partial charge >= 0.3 is 5.97 Å². The molecule has 1 aromatic rings. The highest BCUT2D eigenvalue weighted by molar-refractivity contribution is 5.75. The van der Waals surface area contributed by atoms with Crippen molar-refractivity contribution in [3.05, 3.63) is 23.9 Å². The van der Waals surface area contributed by atoms with Gasteiger partial charge < -0.3 is 15.2 Å². The number of halogens is 1. The molecule has 0 fully saturated rings. The zero-order chi connectivity index (χ0) is 12.8. The Balaban J connectivity index is 2.73. The predicted octanol–water partition coefficient (Wildman–Crippen LogP) is 0.991. The van der Waals surface area contributed by atoms with E-state index in [4.69, 9.17) is 10.5 Å². The van der Waals surface area contributed by atoms with E-state index in [0.717, 1.165) is 0 Å². The van der Waals surface area contributed by atoms with Crippen LogP contribution in [-0.4, -0.2) is 30.8 Å². The fraction of sp³-hybridized carbons (Fsp3) is 0.455. The van der Waals surface area contributed by atoms with Crippen molar-refractivity contribution in [1.29, 1.82) is 0 Å². The van der Waals surface area contributed by atoms with Crippen LogP contribution >= 0.6 is 0 Å². The first-order valence-electron chi connectivity index (χ1n) is 5.16. The zero-order valence-corrected chi connectivity index (χ0v) is 9.72. The maximum atomic E-state index is 13.6. The van der Waals surface area contributed by atoms with Crippen molar-refractivity contribution in [1.82, 2.24) is 4.98 Å². The second-order valence-corrected chi connectivity index (χ2v) is 3.31. The predicted molar refractivity (Wildman–Crippen MR) is 59.2 cm³/mol. The molecule has 2 N–H and O–H groups in total. The molecular formula is C11H15FN2O3. The second kappa shape index (κ2) is 6.15. The lowest BCUT2D eigenvalue weighted by Gasteiger charge is -2.15. The molecule has 94 valence electrons. The third-order valence-corrected chi connectivity index (χ3v) is 2.18. The Bertz CT molecular complexity index is 369. The van der Waals surface area contributed by atoms with E-state index in [2.05, 4.69) is 9.72 Å². The van der Waals surface area contributed by atoms with Crippen LogP contribution in [0.3, 0.4) is 0 Å². The van der Waals surface area contributed by atoms with Crippen molar-refractivity contribution >= 4 is 5.97 Å². The summed E-state index contributed by atoms with van der Waals surface area (Å²) >= 11 is 0. The van der Waals surface area contributed by atoms with Crippen molar-refractivity contribution in [2.45, 2.75) is 19.1 Å². The van der Waals surface area contributed by atoms with Crippen LogP contribution < -0.4 is 10.5 Å². The summed E-state index contributed by atoms with van der Waals surface area (Å²) in [6, 6.07) is 2.02. The maximum absolute atomic E-state index is 13.6. The Labute approximate surface area is 98.7 Å². The Morgan fingerprint density at radius 1 is 1.59 bits per heavy atom. The van der Waals surface area contributed by atoms with Crippen LogP contribution in [0.25, 0.3) is 0 Å². The van der Waals surface area contributed by atoms with Gasteiger partial charge in [-0.05, 0) is 12.5 Å². The quantitative estimate of drug-likeness (QED) is 0.779. The van der Waals surface area contributed by atoms with Crippen LogP contribution in [0.5, 0.6) is 5.88 Å². The van der Waals surface area contributed by atoms with Crippen molar-refractivity contribution in [2.24, 2.45) is 5.73 Å². The number of nitrogens with zero attached hydrogens (tertiary/aromatic N) is 1. The summed E-state index contributed by atoms with van der Waals surface area (Å²) < 4.78 is 23.0. The average molecular weight is 242 g/mol. The number of nitrogens with two attached hydrogens (primary N) is 1. The molecule has 5 nitrogen and oxygen atoms in total. The van der Waals surface area contributed by atoms with Crippen LogP contribution in [0.1, 0.15) is 18.5 Å². The van der Waals surface area contributed by atoms with Gasteiger partial charge in [0.25, 0.3) is 0 Å². The topological polar surface area (TPSA) is 74.4 Å². The molecular weight excluding hydrogens is 227 g/mol. The standard InChI is InChI=1S/C11H15FN2O3/c1-3-17-11(15)9(12)10(13)7-4-5-8(16-2)14-6-7/h4-6,9-10H,3,13H2,1-2H3/t9?,10-/m1/s1. The molecule has 0 saturated carbocycles. The number of alkyl halides is 1. The van der Waals surface area contributed by atoms with Crippen LogP contribution in [0.15, 0.2) is 18.3 Å². The fourth-order valence-electron chi connectivity index (χ4n) is 1.25. The molecule has 0 amide bonds. The van der Waals surface area contributed by atoms with Crippen LogP contribution in [0.2, 0.25) is 0 Å². The monoisotopic (exact) mass is 242 g/mol. The van der Waals surface area contributed by atoms with Gasteiger partial charge in [-0.1, -0.05) is 6.07 Å². The number of esters is 1. The molecule has 1 unspecified atom stereocenters. The minimum atomic E-state index is -1.90.